The molecular weight excluding hydrogens is 302 g/mol. The second-order valence-corrected chi connectivity index (χ2v) is 5.40. The molecule has 0 unspecified atom stereocenters. The summed E-state index contributed by atoms with van der Waals surface area (Å²) in [5, 5.41) is 9.89. The Morgan fingerprint density at radius 3 is 2.79 bits per heavy atom. The third-order valence-electron chi connectivity index (χ3n) is 3.51. The van der Waals surface area contributed by atoms with Crippen LogP contribution in [0.1, 0.15) is 11.1 Å². The summed E-state index contributed by atoms with van der Waals surface area (Å²) in [6, 6.07) is 13.3. The molecule has 122 valence electrons. The number of anilines is 1. The first-order chi connectivity index (χ1) is 11.8. The fourth-order valence-corrected chi connectivity index (χ4v) is 2.37. The summed E-state index contributed by atoms with van der Waals surface area (Å²) in [5.41, 5.74) is 2.93. The molecule has 0 spiro atoms. The number of nitrogens with zero attached hydrogens (tertiary/aromatic N) is 3. The van der Waals surface area contributed by atoms with Gasteiger partial charge in [0.2, 0.25) is 0 Å². The average Bonchev–Trinajstić information content (AvgIpc) is 3.09. The molecule has 6 heteroatoms. The van der Waals surface area contributed by atoms with Crippen LogP contribution in [0.25, 0.3) is 0 Å². The van der Waals surface area contributed by atoms with Crippen LogP contribution in [0.3, 0.4) is 0 Å². The quantitative estimate of drug-likeness (QED) is 0.733. The van der Waals surface area contributed by atoms with E-state index in [0.717, 1.165) is 23.2 Å². The standard InChI is InChI=1S/C18H19N5O/c24-18(20-10-7-15-5-2-8-19-13-15)22-17-6-1-4-16(12-17)14-23-11-3-9-21-23/h1-6,8-9,11-13H,7,10,14H2,(H2,20,22,24). The van der Waals surface area contributed by atoms with Gasteiger partial charge >= 0.3 is 6.03 Å². The van der Waals surface area contributed by atoms with Crippen LogP contribution in [-0.2, 0) is 13.0 Å². The van der Waals surface area contributed by atoms with Gasteiger partial charge in [-0.1, -0.05) is 18.2 Å². The Labute approximate surface area is 140 Å². The number of urea groups is 1. The highest BCUT2D eigenvalue weighted by Crippen LogP contribution is 2.11. The van der Waals surface area contributed by atoms with Crippen LogP contribution in [-0.4, -0.2) is 27.3 Å². The summed E-state index contributed by atoms with van der Waals surface area (Å²) in [7, 11) is 0. The monoisotopic (exact) mass is 321 g/mol. The maximum atomic E-state index is 12.0. The van der Waals surface area contributed by atoms with Gasteiger partial charge in [0.05, 0.1) is 6.54 Å². The minimum Gasteiger partial charge on any atom is -0.338 e. The van der Waals surface area contributed by atoms with Crippen LogP contribution in [0.2, 0.25) is 0 Å². The van der Waals surface area contributed by atoms with Crippen molar-refractivity contribution in [2.45, 2.75) is 13.0 Å². The van der Waals surface area contributed by atoms with Gasteiger partial charge in [-0.3, -0.25) is 9.67 Å². The molecule has 3 rings (SSSR count). The second kappa shape index (κ2) is 7.92. The Bertz CT molecular complexity index is 771. The van der Waals surface area contributed by atoms with E-state index >= 15 is 0 Å². The lowest BCUT2D eigenvalue weighted by Gasteiger charge is -2.09. The molecule has 3 aromatic rings. The summed E-state index contributed by atoms with van der Waals surface area (Å²) in [6.07, 6.45) is 7.95. The van der Waals surface area contributed by atoms with Crippen LogP contribution in [0.4, 0.5) is 10.5 Å². The van der Waals surface area contributed by atoms with Crippen LogP contribution in [0.15, 0.2) is 67.3 Å². The van der Waals surface area contributed by atoms with Crippen molar-refractivity contribution in [3.8, 4) is 0 Å². The minimum absolute atomic E-state index is 0.213. The average molecular weight is 321 g/mol. The van der Waals surface area contributed by atoms with Crippen LogP contribution < -0.4 is 10.6 Å². The fourth-order valence-electron chi connectivity index (χ4n) is 2.37. The molecule has 2 heterocycles. The van der Waals surface area contributed by atoms with E-state index in [2.05, 4.69) is 20.7 Å². The number of benzene rings is 1. The van der Waals surface area contributed by atoms with Crippen molar-refractivity contribution in [1.29, 1.82) is 0 Å². The van der Waals surface area contributed by atoms with Crippen molar-refractivity contribution in [3.05, 3.63) is 78.4 Å². The van der Waals surface area contributed by atoms with E-state index in [0.29, 0.717) is 13.1 Å². The SMILES string of the molecule is O=C(NCCc1cccnc1)Nc1cccc(Cn2cccn2)c1. The maximum absolute atomic E-state index is 12.0. The summed E-state index contributed by atoms with van der Waals surface area (Å²) in [5.74, 6) is 0. The summed E-state index contributed by atoms with van der Waals surface area (Å²) in [6.45, 7) is 1.23. The van der Waals surface area contributed by atoms with Crippen molar-refractivity contribution >= 4 is 11.7 Å². The number of aromatic nitrogens is 3. The van der Waals surface area contributed by atoms with Crippen molar-refractivity contribution in [2.24, 2.45) is 0 Å². The van der Waals surface area contributed by atoms with Gasteiger partial charge in [0.25, 0.3) is 0 Å². The minimum atomic E-state index is -0.213. The lowest BCUT2D eigenvalue weighted by atomic mass is 10.2. The van der Waals surface area contributed by atoms with E-state index < -0.39 is 0 Å². The Balaban J connectivity index is 1.49. The van der Waals surface area contributed by atoms with Crippen molar-refractivity contribution in [3.63, 3.8) is 0 Å². The number of hydrogen-bond acceptors (Lipinski definition) is 3. The van der Waals surface area contributed by atoms with E-state index in [4.69, 9.17) is 0 Å². The zero-order valence-corrected chi connectivity index (χ0v) is 13.2. The van der Waals surface area contributed by atoms with Gasteiger partial charge in [0.15, 0.2) is 0 Å². The summed E-state index contributed by atoms with van der Waals surface area (Å²) < 4.78 is 1.84. The lowest BCUT2D eigenvalue weighted by Crippen LogP contribution is -2.30. The number of hydrogen-bond donors (Lipinski definition) is 2. The van der Waals surface area contributed by atoms with E-state index in [-0.39, 0.29) is 6.03 Å². The molecular formula is C18H19N5O. The van der Waals surface area contributed by atoms with E-state index in [1.54, 1.807) is 18.6 Å². The third-order valence-corrected chi connectivity index (χ3v) is 3.51. The molecule has 0 aliphatic heterocycles. The van der Waals surface area contributed by atoms with Gasteiger partial charge in [-0.05, 0) is 41.8 Å². The maximum Gasteiger partial charge on any atom is 0.319 e. The summed E-state index contributed by atoms with van der Waals surface area (Å²) in [4.78, 5) is 16.0. The molecule has 0 radical (unpaired) electrons. The van der Waals surface area contributed by atoms with Crippen molar-refractivity contribution in [1.82, 2.24) is 20.1 Å². The highest BCUT2D eigenvalue weighted by Gasteiger charge is 2.03. The highest BCUT2D eigenvalue weighted by molar-refractivity contribution is 5.89. The molecule has 0 saturated carbocycles. The van der Waals surface area contributed by atoms with Crippen molar-refractivity contribution in [2.75, 3.05) is 11.9 Å². The van der Waals surface area contributed by atoms with E-state index in [1.807, 2.05) is 53.3 Å². The molecule has 0 aliphatic rings. The molecule has 0 atom stereocenters. The lowest BCUT2D eigenvalue weighted by molar-refractivity contribution is 0.252. The zero-order chi connectivity index (χ0) is 16.6. The van der Waals surface area contributed by atoms with Gasteiger partial charge in [0, 0.05) is 37.0 Å². The number of nitrogens with one attached hydrogen (secondary N) is 2. The predicted octanol–water partition coefficient (Wildman–Crippen LogP) is 2.69. The second-order valence-electron chi connectivity index (χ2n) is 5.40. The Hall–Kier alpha value is -3.15. The topological polar surface area (TPSA) is 71.8 Å². The van der Waals surface area contributed by atoms with Crippen LogP contribution in [0, 0.1) is 0 Å². The number of amides is 2. The van der Waals surface area contributed by atoms with Crippen molar-refractivity contribution < 1.29 is 4.79 Å². The molecule has 6 nitrogen and oxygen atoms in total. The van der Waals surface area contributed by atoms with Crippen LogP contribution >= 0.6 is 0 Å². The van der Waals surface area contributed by atoms with Crippen LogP contribution in [0.5, 0.6) is 0 Å². The number of carbonyl (C=O) groups excluding carboxylic acids is 1. The molecule has 2 aromatic heterocycles. The normalized spacial score (nSPS) is 10.3. The number of pyridine rings is 1. The van der Waals surface area contributed by atoms with Gasteiger partial charge in [-0.2, -0.15) is 5.10 Å². The van der Waals surface area contributed by atoms with E-state index in [1.165, 1.54) is 0 Å². The number of carbonyl (C=O) groups is 1. The summed E-state index contributed by atoms with van der Waals surface area (Å²) >= 11 is 0. The van der Waals surface area contributed by atoms with E-state index in [9.17, 15) is 4.79 Å². The first-order valence-electron chi connectivity index (χ1n) is 7.80. The van der Waals surface area contributed by atoms with Gasteiger partial charge in [0.1, 0.15) is 0 Å². The predicted molar refractivity (Wildman–Crippen MR) is 92.7 cm³/mol. The first-order valence-corrected chi connectivity index (χ1v) is 7.80. The Morgan fingerprint density at radius 1 is 1.08 bits per heavy atom. The van der Waals surface area contributed by atoms with Gasteiger partial charge < -0.3 is 10.6 Å². The zero-order valence-electron chi connectivity index (χ0n) is 13.2. The molecule has 24 heavy (non-hydrogen) atoms. The van der Waals surface area contributed by atoms with Gasteiger partial charge in [-0.25, -0.2) is 4.79 Å². The molecule has 1 aromatic carbocycles. The molecule has 0 bridgehead atoms. The first kappa shape index (κ1) is 15.7. The fraction of sp³-hybridized carbons (Fsp3) is 0.167. The smallest absolute Gasteiger partial charge is 0.319 e. The molecule has 0 saturated heterocycles. The highest BCUT2D eigenvalue weighted by atomic mass is 16.2. The van der Waals surface area contributed by atoms with Gasteiger partial charge in [-0.15, -0.1) is 0 Å². The molecule has 0 aliphatic carbocycles. The number of rotatable bonds is 6. The largest absolute Gasteiger partial charge is 0.338 e. The molecule has 2 amide bonds. The third kappa shape index (κ3) is 4.67. The Kier molecular flexibility index (Phi) is 5.19. The molecule has 2 N–H and O–H groups in total. The molecule has 0 fully saturated rings. The Morgan fingerprint density at radius 2 is 2.00 bits per heavy atom.